The molecule has 0 saturated carbocycles. The van der Waals surface area contributed by atoms with Gasteiger partial charge in [0.2, 0.25) is 0 Å². The van der Waals surface area contributed by atoms with Crippen LogP contribution < -0.4 is 0 Å². The smallest absolute Gasteiger partial charge is 0.122 e. The zero-order chi connectivity index (χ0) is 11.8. The van der Waals surface area contributed by atoms with E-state index in [1.807, 2.05) is 18.4 Å². The van der Waals surface area contributed by atoms with E-state index in [0.29, 0.717) is 0 Å². The molecule has 4 heteroatoms. The van der Waals surface area contributed by atoms with Gasteiger partial charge < -0.3 is 5.11 Å². The maximum Gasteiger partial charge on any atom is 0.122 e. The van der Waals surface area contributed by atoms with Crippen molar-refractivity contribution in [1.29, 1.82) is 0 Å². The summed E-state index contributed by atoms with van der Waals surface area (Å²) < 4.78 is 0. The van der Waals surface area contributed by atoms with Gasteiger partial charge in [-0.05, 0) is 31.4 Å². The lowest BCUT2D eigenvalue weighted by atomic mass is 10.00. The van der Waals surface area contributed by atoms with E-state index in [1.54, 1.807) is 6.20 Å². The molecule has 1 aliphatic carbocycles. The van der Waals surface area contributed by atoms with Crippen LogP contribution in [0, 0.1) is 6.92 Å². The summed E-state index contributed by atoms with van der Waals surface area (Å²) in [5, 5.41) is 13.2. The van der Waals surface area contributed by atoms with Crippen LogP contribution >= 0.6 is 11.3 Å². The third kappa shape index (κ3) is 1.87. The zero-order valence-corrected chi connectivity index (χ0v) is 10.4. The lowest BCUT2D eigenvalue weighted by molar-refractivity contribution is 0.143. The highest BCUT2D eigenvalue weighted by Crippen LogP contribution is 2.40. The summed E-state index contributed by atoms with van der Waals surface area (Å²) in [4.78, 5) is 8.78. The van der Waals surface area contributed by atoms with Crippen molar-refractivity contribution in [2.45, 2.75) is 31.8 Å². The van der Waals surface area contributed by atoms with Gasteiger partial charge in [-0.15, -0.1) is 11.3 Å². The summed E-state index contributed by atoms with van der Waals surface area (Å²) in [6.07, 6.45) is 3.27. The fourth-order valence-electron chi connectivity index (χ4n) is 2.43. The Labute approximate surface area is 104 Å². The van der Waals surface area contributed by atoms with E-state index in [1.165, 1.54) is 16.9 Å². The van der Waals surface area contributed by atoms with Crippen molar-refractivity contribution < 1.29 is 5.11 Å². The predicted octanol–water partition coefficient (Wildman–Crippen LogP) is 2.61. The van der Waals surface area contributed by atoms with E-state index in [4.69, 9.17) is 0 Å². The van der Waals surface area contributed by atoms with E-state index >= 15 is 0 Å². The summed E-state index contributed by atoms with van der Waals surface area (Å²) in [5.41, 5.74) is 3.29. The van der Waals surface area contributed by atoms with Crippen LogP contribution in [-0.4, -0.2) is 15.1 Å². The van der Waals surface area contributed by atoms with Gasteiger partial charge in [0.15, 0.2) is 0 Å². The molecule has 0 fully saturated rings. The number of aliphatic hydroxyl groups is 1. The van der Waals surface area contributed by atoms with Crippen molar-refractivity contribution in [3.8, 4) is 0 Å². The monoisotopic (exact) mass is 246 g/mol. The van der Waals surface area contributed by atoms with Crippen molar-refractivity contribution in [1.82, 2.24) is 9.97 Å². The van der Waals surface area contributed by atoms with Crippen molar-refractivity contribution in [3.63, 3.8) is 0 Å². The zero-order valence-electron chi connectivity index (χ0n) is 9.63. The van der Waals surface area contributed by atoms with Crippen LogP contribution in [-0.2, 0) is 6.42 Å². The summed E-state index contributed by atoms with van der Waals surface area (Å²) >= 11 is 1.53. The first kappa shape index (κ1) is 10.9. The Balaban J connectivity index is 1.92. The SMILES string of the molecule is Cc1csc(C(O)C2CCc3cccnc32)n1. The molecule has 2 atom stereocenters. The van der Waals surface area contributed by atoms with Gasteiger partial charge in [-0.25, -0.2) is 4.98 Å². The van der Waals surface area contributed by atoms with Gasteiger partial charge in [0.05, 0.1) is 0 Å². The molecule has 0 saturated heterocycles. The lowest BCUT2D eigenvalue weighted by Crippen LogP contribution is -2.09. The normalized spacial score (nSPS) is 20.2. The lowest BCUT2D eigenvalue weighted by Gasteiger charge is -2.15. The molecule has 0 aromatic carbocycles. The van der Waals surface area contributed by atoms with E-state index in [0.717, 1.165) is 29.2 Å². The Hall–Kier alpha value is -1.26. The van der Waals surface area contributed by atoms with Crippen LogP contribution in [0.5, 0.6) is 0 Å². The number of aromatic nitrogens is 2. The van der Waals surface area contributed by atoms with Gasteiger partial charge in [0, 0.05) is 28.9 Å². The molecule has 0 spiro atoms. The highest BCUT2D eigenvalue weighted by molar-refractivity contribution is 7.09. The molecule has 3 rings (SSSR count). The molecule has 0 amide bonds. The number of hydrogen-bond acceptors (Lipinski definition) is 4. The van der Waals surface area contributed by atoms with E-state index in [9.17, 15) is 5.11 Å². The fraction of sp³-hybridized carbons (Fsp3) is 0.385. The number of aliphatic hydroxyl groups excluding tert-OH is 1. The molecule has 0 aliphatic heterocycles. The van der Waals surface area contributed by atoms with Crippen LogP contribution in [0.1, 0.15) is 40.4 Å². The molecule has 2 aromatic rings. The van der Waals surface area contributed by atoms with Crippen LogP contribution in [0.3, 0.4) is 0 Å². The number of thiazole rings is 1. The summed E-state index contributed by atoms with van der Waals surface area (Å²) in [6, 6.07) is 4.06. The van der Waals surface area contributed by atoms with Crippen molar-refractivity contribution in [2.24, 2.45) is 0 Å². The number of fused-ring (bicyclic) bond motifs is 1. The number of hydrogen-bond donors (Lipinski definition) is 1. The second-order valence-corrected chi connectivity index (χ2v) is 5.35. The van der Waals surface area contributed by atoms with Gasteiger partial charge in [0.1, 0.15) is 11.1 Å². The third-order valence-corrected chi connectivity index (χ3v) is 4.31. The van der Waals surface area contributed by atoms with Crippen molar-refractivity contribution in [3.05, 3.63) is 45.7 Å². The van der Waals surface area contributed by atoms with Gasteiger partial charge in [0.25, 0.3) is 0 Å². The van der Waals surface area contributed by atoms with Crippen LogP contribution in [0.15, 0.2) is 23.7 Å². The average Bonchev–Trinajstić information content (AvgIpc) is 2.94. The molecule has 1 N–H and O–H groups in total. The molecule has 0 bridgehead atoms. The Bertz CT molecular complexity index is 538. The number of nitrogens with zero attached hydrogens (tertiary/aromatic N) is 2. The third-order valence-electron chi connectivity index (χ3n) is 3.27. The minimum Gasteiger partial charge on any atom is -0.385 e. The first-order valence-corrected chi connectivity index (χ1v) is 6.67. The molecular formula is C13H14N2OS. The van der Waals surface area contributed by atoms with Gasteiger partial charge in [-0.1, -0.05) is 6.07 Å². The Morgan fingerprint density at radius 3 is 3.18 bits per heavy atom. The minimum absolute atomic E-state index is 0.108. The predicted molar refractivity (Wildman–Crippen MR) is 67.1 cm³/mol. The number of aryl methyl sites for hydroxylation is 2. The fourth-order valence-corrected chi connectivity index (χ4v) is 3.28. The average molecular weight is 246 g/mol. The molecule has 2 unspecified atom stereocenters. The Morgan fingerprint density at radius 2 is 2.41 bits per heavy atom. The molecule has 2 aromatic heterocycles. The second kappa shape index (κ2) is 4.20. The van der Waals surface area contributed by atoms with Crippen molar-refractivity contribution >= 4 is 11.3 Å². The minimum atomic E-state index is -0.509. The standard InChI is InChI=1S/C13H14N2OS/c1-8-7-17-13(15-8)12(16)10-5-4-9-3-2-6-14-11(9)10/h2-3,6-7,10,12,16H,4-5H2,1H3. The largest absolute Gasteiger partial charge is 0.385 e. The number of rotatable bonds is 2. The molecule has 3 nitrogen and oxygen atoms in total. The van der Waals surface area contributed by atoms with E-state index in [-0.39, 0.29) is 5.92 Å². The van der Waals surface area contributed by atoms with Gasteiger partial charge in [-0.3, -0.25) is 4.98 Å². The number of pyridine rings is 1. The maximum atomic E-state index is 10.4. The molecule has 17 heavy (non-hydrogen) atoms. The van der Waals surface area contributed by atoms with E-state index < -0.39 is 6.10 Å². The first-order chi connectivity index (χ1) is 8.25. The molecular weight excluding hydrogens is 232 g/mol. The van der Waals surface area contributed by atoms with Crippen LogP contribution in [0.2, 0.25) is 0 Å². The first-order valence-electron chi connectivity index (χ1n) is 5.79. The summed E-state index contributed by atoms with van der Waals surface area (Å²) in [6.45, 7) is 1.95. The summed E-state index contributed by atoms with van der Waals surface area (Å²) in [7, 11) is 0. The highest BCUT2D eigenvalue weighted by atomic mass is 32.1. The maximum absolute atomic E-state index is 10.4. The summed E-state index contributed by atoms with van der Waals surface area (Å²) in [5.74, 6) is 0.108. The van der Waals surface area contributed by atoms with Crippen LogP contribution in [0.25, 0.3) is 0 Å². The van der Waals surface area contributed by atoms with E-state index in [2.05, 4.69) is 16.0 Å². The molecule has 88 valence electrons. The molecule has 0 radical (unpaired) electrons. The van der Waals surface area contributed by atoms with Crippen LogP contribution in [0.4, 0.5) is 0 Å². The Kier molecular flexibility index (Phi) is 2.68. The topological polar surface area (TPSA) is 46.0 Å². The molecule has 2 heterocycles. The van der Waals surface area contributed by atoms with Crippen molar-refractivity contribution in [2.75, 3.05) is 0 Å². The highest BCUT2D eigenvalue weighted by Gasteiger charge is 2.32. The van der Waals surface area contributed by atoms with Gasteiger partial charge in [-0.2, -0.15) is 0 Å². The molecule has 1 aliphatic rings. The quantitative estimate of drug-likeness (QED) is 0.886. The second-order valence-electron chi connectivity index (χ2n) is 4.46. The Morgan fingerprint density at radius 1 is 1.53 bits per heavy atom. The van der Waals surface area contributed by atoms with Gasteiger partial charge >= 0.3 is 0 Å².